The monoisotopic (exact) mass is 463 g/mol. The van der Waals surface area contributed by atoms with Gasteiger partial charge in [-0.3, -0.25) is 9.59 Å². The molecule has 0 aliphatic rings. The number of rotatable bonds is 5. The topological polar surface area (TPSA) is 95.1 Å². The van der Waals surface area contributed by atoms with E-state index in [9.17, 15) is 14.9 Å². The van der Waals surface area contributed by atoms with Gasteiger partial charge in [0.05, 0.1) is 33.2 Å². The fraction of sp³-hybridized carbons (Fsp3) is 0.0417. The summed E-state index contributed by atoms with van der Waals surface area (Å²) in [7, 11) is 0. The molecule has 0 radical (unpaired) electrons. The van der Waals surface area contributed by atoms with Gasteiger partial charge in [0.15, 0.2) is 0 Å². The molecule has 1 heterocycles. The lowest BCUT2D eigenvalue weighted by atomic mass is 10.1. The van der Waals surface area contributed by atoms with Crippen molar-refractivity contribution in [3.63, 3.8) is 0 Å². The minimum absolute atomic E-state index is 0.150. The number of amides is 1. The van der Waals surface area contributed by atoms with Crippen molar-refractivity contribution in [2.45, 2.75) is 6.42 Å². The highest BCUT2D eigenvalue weighted by Crippen LogP contribution is 2.27. The first-order valence-corrected chi connectivity index (χ1v) is 10.2. The number of nitriles is 1. The van der Waals surface area contributed by atoms with Crippen LogP contribution in [0.3, 0.4) is 0 Å². The highest BCUT2D eigenvalue weighted by molar-refractivity contribution is 6.42. The third kappa shape index (κ3) is 4.30. The van der Waals surface area contributed by atoms with Crippen LogP contribution in [0, 0.1) is 11.3 Å². The van der Waals surface area contributed by atoms with E-state index < -0.39 is 5.97 Å². The quantitative estimate of drug-likeness (QED) is 0.397. The molecule has 158 valence electrons. The highest BCUT2D eigenvalue weighted by atomic mass is 35.5. The van der Waals surface area contributed by atoms with Gasteiger partial charge < -0.3 is 15.0 Å². The van der Waals surface area contributed by atoms with E-state index in [0.717, 1.165) is 10.9 Å². The van der Waals surface area contributed by atoms with Crippen LogP contribution in [0.5, 0.6) is 0 Å². The number of fused-ring (bicyclic) bond motifs is 1. The first kappa shape index (κ1) is 21.4. The lowest BCUT2D eigenvalue weighted by Crippen LogP contribution is -2.11. The normalized spacial score (nSPS) is 10.7. The number of anilines is 1. The molecule has 0 fully saturated rings. The molecule has 8 heteroatoms. The van der Waals surface area contributed by atoms with Crippen LogP contribution in [0.15, 0.2) is 66.9 Å². The van der Waals surface area contributed by atoms with Gasteiger partial charge in [0.2, 0.25) is 0 Å². The van der Waals surface area contributed by atoms with Gasteiger partial charge in [0, 0.05) is 22.8 Å². The van der Waals surface area contributed by atoms with E-state index in [4.69, 9.17) is 28.3 Å². The summed E-state index contributed by atoms with van der Waals surface area (Å²) in [6.07, 6.45) is 1.67. The zero-order chi connectivity index (χ0) is 22.8. The lowest BCUT2D eigenvalue weighted by molar-refractivity contribution is -0.136. The number of carbonyl (C=O) groups excluding carboxylic acids is 1. The molecule has 0 spiro atoms. The Balaban J connectivity index is 1.63. The second kappa shape index (κ2) is 8.75. The maximum Gasteiger partial charge on any atom is 0.307 e. The van der Waals surface area contributed by atoms with Crippen LogP contribution in [0.2, 0.25) is 10.0 Å². The molecule has 4 aromatic rings. The summed E-state index contributed by atoms with van der Waals surface area (Å²) in [4.78, 5) is 23.5. The Kier molecular flexibility index (Phi) is 5.87. The smallest absolute Gasteiger partial charge is 0.307 e. The molecule has 0 saturated heterocycles. The van der Waals surface area contributed by atoms with Crippen LogP contribution in [0.25, 0.3) is 16.6 Å². The Labute approximate surface area is 193 Å². The number of aromatic nitrogens is 1. The Hall–Kier alpha value is -3.79. The summed E-state index contributed by atoms with van der Waals surface area (Å²) in [5, 5.41) is 22.9. The first-order valence-electron chi connectivity index (χ1n) is 9.48. The summed E-state index contributed by atoms with van der Waals surface area (Å²) in [5.74, 6) is -1.27. The molecule has 1 amide bonds. The van der Waals surface area contributed by atoms with E-state index in [1.165, 1.54) is 6.07 Å². The van der Waals surface area contributed by atoms with Gasteiger partial charge >= 0.3 is 5.97 Å². The number of halogens is 2. The number of nitrogens with one attached hydrogen (secondary N) is 1. The van der Waals surface area contributed by atoms with Crippen LogP contribution in [-0.4, -0.2) is 21.6 Å². The van der Waals surface area contributed by atoms with Crippen LogP contribution in [-0.2, 0) is 11.2 Å². The highest BCUT2D eigenvalue weighted by Gasteiger charge is 2.13. The maximum absolute atomic E-state index is 12.5. The van der Waals surface area contributed by atoms with Gasteiger partial charge in [0.1, 0.15) is 6.07 Å². The number of carboxylic acid groups (broad SMARTS) is 1. The number of benzene rings is 3. The van der Waals surface area contributed by atoms with Gasteiger partial charge in [-0.05, 0) is 60.2 Å². The second-order valence-corrected chi connectivity index (χ2v) is 7.89. The number of aliphatic carboxylic acids is 1. The van der Waals surface area contributed by atoms with E-state index in [1.807, 2.05) is 29.0 Å². The number of hydrogen-bond acceptors (Lipinski definition) is 3. The van der Waals surface area contributed by atoms with E-state index in [0.29, 0.717) is 38.1 Å². The molecular formula is C24H15Cl2N3O3. The molecule has 0 unspecified atom stereocenters. The first-order chi connectivity index (χ1) is 15.4. The number of carbonyl (C=O) groups is 2. The van der Waals surface area contributed by atoms with Gasteiger partial charge in [-0.25, -0.2) is 0 Å². The molecule has 6 nitrogen and oxygen atoms in total. The van der Waals surface area contributed by atoms with Crippen LogP contribution in [0.1, 0.15) is 21.5 Å². The minimum atomic E-state index is -0.955. The Morgan fingerprint density at radius 2 is 1.81 bits per heavy atom. The molecular weight excluding hydrogens is 449 g/mol. The molecule has 0 aliphatic heterocycles. The summed E-state index contributed by atoms with van der Waals surface area (Å²) in [6.45, 7) is 0. The van der Waals surface area contributed by atoms with Gasteiger partial charge in [-0.2, -0.15) is 5.26 Å². The summed E-state index contributed by atoms with van der Waals surface area (Å²) in [5.41, 5.74) is 3.39. The third-order valence-corrected chi connectivity index (χ3v) is 5.67. The number of hydrogen-bond donors (Lipinski definition) is 2. The molecule has 32 heavy (non-hydrogen) atoms. The predicted molar refractivity (Wildman–Crippen MR) is 124 cm³/mol. The largest absolute Gasteiger partial charge is 0.481 e. The predicted octanol–water partition coefficient (Wildman–Crippen LogP) is 5.69. The van der Waals surface area contributed by atoms with Crippen molar-refractivity contribution in [3.05, 3.63) is 93.6 Å². The minimum Gasteiger partial charge on any atom is -0.481 e. The summed E-state index contributed by atoms with van der Waals surface area (Å²) in [6, 6.07) is 19.1. The van der Waals surface area contributed by atoms with Crippen molar-refractivity contribution in [3.8, 4) is 11.8 Å². The maximum atomic E-state index is 12.5. The van der Waals surface area contributed by atoms with Crippen molar-refractivity contribution in [2.24, 2.45) is 0 Å². The molecule has 4 rings (SSSR count). The van der Waals surface area contributed by atoms with E-state index in [-0.39, 0.29) is 12.3 Å². The van der Waals surface area contributed by atoms with Crippen molar-refractivity contribution in [1.82, 2.24) is 4.57 Å². The zero-order valence-electron chi connectivity index (χ0n) is 16.5. The number of nitrogens with zero attached hydrogens (tertiary/aromatic N) is 2. The standard InChI is InChI=1S/C24H15Cl2N3O3/c25-19-4-2-16(12-20(19)26)24(32)28-18-3-6-21-15(11-18)7-8-29(21)22-5-1-14(10-23(30)31)9-17(22)13-27/h1-9,11-12H,10H2,(H,28,32)(H,30,31). The average molecular weight is 464 g/mol. The zero-order valence-corrected chi connectivity index (χ0v) is 18.0. The van der Waals surface area contributed by atoms with E-state index in [2.05, 4.69) is 11.4 Å². The summed E-state index contributed by atoms with van der Waals surface area (Å²) >= 11 is 11.9. The Morgan fingerprint density at radius 1 is 1.00 bits per heavy atom. The molecule has 0 saturated carbocycles. The van der Waals surface area contributed by atoms with Gasteiger partial charge in [0.25, 0.3) is 5.91 Å². The van der Waals surface area contributed by atoms with Crippen molar-refractivity contribution >= 4 is 51.7 Å². The van der Waals surface area contributed by atoms with Crippen LogP contribution in [0.4, 0.5) is 5.69 Å². The third-order valence-electron chi connectivity index (χ3n) is 4.93. The van der Waals surface area contributed by atoms with Gasteiger partial charge in [-0.15, -0.1) is 0 Å². The van der Waals surface area contributed by atoms with Crippen molar-refractivity contribution in [1.29, 1.82) is 5.26 Å². The Morgan fingerprint density at radius 3 is 2.53 bits per heavy atom. The lowest BCUT2D eigenvalue weighted by Gasteiger charge is -2.10. The summed E-state index contributed by atoms with van der Waals surface area (Å²) < 4.78 is 1.85. The fourth-order valence-electron chi connectivity index (χ4n) is 3.44. The molecule has 3 aromatic carbocycles. The van der Waals surface area contributed by atoms with E-state index in [1.54, 1.807) is 36.4 Å². The van der Waals surface area contributed by atoms with Crippen LogP contribution >= 0.6 is 23.2 Å². The SMILES string of the molecule is N#Cc1cc(CC(=O)O)ccc1-n1ccc2cc(NC(=O)c3ccc(Cl)c(Cl)c3)ccc21. The average Bonchev–Trinajstić information content (AvgIpc) is 3.18. The molecule has 2 N–H and O–H groups in total. The van der Waals surface area contributed by atoms with Crippen LogP contribution < -0.4 is 5.32 Å². The fourth-order valence-corrected chi connectivity index (χ4v) is 3.74. The van der Waals surface area contributed by atoms with E-state index >= 15 is 0 Å². The molecule has 0 bridgehead atoms. The van der Waals surface area contributed by atoms with Gasteiger partial charge in [-0.1, -0.05) is 29.3 Å². The van der Waals surface area contributed by atoms with Crippen molar-refractivity contribution in [2.75, 3.05) is 5.32 Å². The molecule has 1 aromatic heterocycles. The Bertz CT molecular complexity index is 1420. The molecule has 0 atom stereocenters. The number of carboxylic acids is 1. The second-order valence-electron chi connectivity index (χ2n) is 7.08. The molecule has 0 aliphatic carbocycles. The van der Waals surface area contributed by atoms with Crippen molar-refractivity contribution < 1.29 is 14.7 Å².